The first kappa shape index (κ1) is 19.2. The smallest absolute Gasteiger partial charge is 0.144 e. The van der Waals surface area contributed by atoms with Crippen LogP contribution in [0.2, 0.25) is 5.02 Å². The van der Waals surface area contributed by atoms with E-state index >= 15 is 0 Å². The van der Waals surface area contributed by atoms with E-state index in [-0.39, 0.29) is 5.02 Å². The van der Waals surface area contributed by atoms with E-state index in [1.165, 1.54) is 18.3 Å². The molecule has 0 atom stereocenters. The molecular weight excluding hydrogens is 395 g/mol. The quantitative estimate of drug-likeness (QED) is 0.681. The summed E-state index contributed by atoms with van der Waals surface area (Å²) in [5, 5.41) is 13.6. The molecule has 0 aliphatic carbocycles. The summed E-state index contributed by atoms with van der Waals surface area (Å²) in [5.41, 5.74) is 3.10. The van der Waals surface area contributed by atoms with Gasteiger partial charge in [0.15, 0.2) is 0 Å². The Labute approximate surface area is 172 Å². The van der Waals surface area contributed by atoms with Crippen molar-refractivity contribution in [2.75, 3.05) is 43.6 Å². The molecule has 1 N–H and O–H groups in total. The van der Waals surface area contributed by atoms with E-state index < -0.39 is 5.82 Å². The number of pyridine rings is 1. The summed E-state index contributed by atoms with van der Waals surface area (Å²) in [6.07, 6.45) is 1.50. The van der Waals surface area contributed by atoms with Crippen molar-refractivity contribution in [2.45, 2.75) is 0 Å². The van der Waals surface area contributed by atoms with Crippen molar-refractivity contribution in [2.24, 2.45) is 0 Å². The number of aromatic nitrogens is 1. The van der Waals surface area contributed by atoms with Crippen molar-refractivity contribution in [3.63, 3.8) is 0 Å². The summed E-state index contributed by atoms with van der Waals surface area (Å²) >= 11 is 5.91. The molecule has 0 saturated carbocycles. The van der Waals surface area contributed by atoms with Gasteiger partial charge in [0.1, 0.15) is 17.6 Å². The number of rotatable bonds is 4. The lowest BCUT2D eigenvalue weighted by atomic mass is 10.1. The topological polar surface area (TPSA) is 70.4 Å². The lowest BCUT2D eigenvalue weighted by Crippen LogP contribution is -2.36. The molecule has 29 heavy (non-hydrogen) atoms. The molecule has 6 nitrogen and oxygen atoms in total. The highest BCUT2D eigenvalue weighted by Gasteiger charge is 2.19. The molecular formula is C21H18ClFN4O2. The SMILES string of the molecule is COc1cc2ncc(C#N)c(Nc3ccc(F)c(Cl)c3)c2cc1N1CCOCC1. The molecule has 0 unspecified atom stereocenters. The predicted molar refractivity (Wildman–Crippen MR) is 111 cm³/mol. The van der Waals surface area contributed by atoms with Gasteiger partial charge in [-0.1, -0.05) is 11.6 Å². The summed E-state index contributed by atoms with van der Waals surface area (Å²) in [7, 11) is 1.62. The molecule has 0 bridgehead atoms. The second-order valence-electron chi connectivity index (χ2n) is 6.55. The zero-order valence-corrected chi connectivity index (χ0v) is 16.5. The molecule has 2 heterocycles. The van der Waals surface area contributed by atoms with Crippen LogP contribution in [0.1, 0.15) is 5.56 Å². The van der Waals surface area contributed by atoms with Crippen LogP contribution in [-0.2, 0) is 4.74 Å². The van der Waals surface area contributed by atoms with Crippen LogP contribution in [0.5, 0.6) is 5.75 Å². The summed E-state index contributed by atoms with van der Waals surface area (Å²) in [5.74, 6) is 0.198. The van der Waals surface area contributed by atoms with Crippen molar-refractivity contribution in [1.82, 2.24) is 4.98 Å². The third-order valence-corrected chi connectivity index (χ3v) is 5.12. The van der Waals surface area contributed by atoms with E-state index in [9.17, 15) is 9.65 Å². The molecule has 0 radical (unpaired) electrons. The molecule has 1 aliphatic rings. The van der Waals surface area contributed by atoms with Gasteiger partial charge >= 0.3 is 0 Å². The van der Waals surface area contributed by atoms with Crippen LogP contribution in [-0.4, -0.2) is 38.4 Å². The van der Waals surface area contributed by atoms with Crippen molar-refractivity contribution in [1.29, 1.82) is 5.26 Å². The van der Waals surface area contributed by atoms with Gasteiger partial charge in [-0.15, -0.1) is 0 Å². The van der Waals surface area contributed by atoms with Gasteiger partial charge < -0.3 is 19.7 Å². The van der Waals surface area contributed by atoms with Gasteiger partial charge in [-0.25, -0.2) is 4.39 Å². The zero-order chi connectivity index (χ0) is 20.4. The first-order valence-corrected chi connectivity index (χ1v) is 9.44. The lowest BCUT2D eigenvalue weighted by Gasteiger charge is -2.30. The monoisotopic (exact) mass is 412 g/mol. The molecule has 4 rings (SSSR count). The second kappa shape index (κ2) is 8.11. The second-order valence-corrected chi connectivity index (χ2v) is 6.96. The van der Waals surface area contributed by atoms with Gasteiger partial charge in [-0.05, 0) is 24.3 Å². The van der Waals surface area contributed by atoms with Gasteiger partial charge in [0.2, 0.25) is 0 Å². The Morgan fingerprint density at radius 3 is 2.76 bits per heavy atom. The van der Waals surface area contributed by atoms with Gasteiger partial charge in [-0.3, -0.25) is 4.98 Å². The predicted octanol–water partition coefficient (Wildman–Crippen LogP) is 4.49. The normalized spacial score (nSPS) is 13.9. The molecule has 1 aliphatic heterocycles. The number of nitrogens with one attached hydrogen (secondary N) is 1. The number of methoxy groups -OCH3 is 1. The third-order valence-electron chi connectivity index (χ3n) is 4.83. The standard InChI is InChI=1S/C21H18ClFN4O2/c1-28-20-10-18-15(9-19(20)27-4-6-29-7-5-27)21(13(11-24)12-25-18)26-14-2-3-17(23)16(22)8-14/h2-3,8-10,12H,4-7H2,1H3,(H,25,26). The zero-order valence-electron chi connectivity index (χ0n) is 15.7. The third kappa shape index (κ3) is 3.77. The van der Waals surface area contributed by atoms with Gasteiger partial charge in [0.05, 0.1) is 47.8 Å². The number of nitriles is 1. The fourth-order valence-electron chi connectivity index (χ4n) is 3.36. The molecule has 2 aromatic carbocycles. The summed E-state index contributed by atoms with van der Waals surface area (Å²) in [6.45, 7) is 2.75. The molecule has 148 valence electrons. The molecule has 3 aromatic rings. The van der Waals surface area contributed by atoms with Crippen molar-refractivity contribution in [3.8, 4) is 11.8 Å². The lowest BCUT2D eigenvalue weighted by molar-refractivity contribution is 0.122. The fourth-order valence-corrected chi connectivity index (χ4v) is 3.54. The Hall–Kier alpha value is -3.08. The Bertz CT molecular complexity index is 1110. The highest BCUT2D eigenvalue weighted by atomic mass is 35.5. The molecule has 1 fully saturated rings. The van der Waals surface area contributed by atoms with E-state index in [2.05, 4.69) is 21.3 Å². The molecule has 1 saturated heterocycles. The number of fused-ring (bicyclic) bond motifs is 1. The van der Waals surface area contributed by atoms with E-state index in [0.29, 0.717) is 41.4 Å². The average Bonchev–Trinajstić information content (AvgIpc) is 2.76. The number of halogens is 2. The highest BCUT2D eigenvalue weighted by molar-refractivity contribution is 6.31. The minimum Gasteiger partial charge on any atom is -0.495 e. The number of hydrogen-bond donors (Lipinski definition) is 1. The largest absolute Gasteiger partial charge is 0.495 e. The van der Waals surface area contributed by atoms with Gasteiger partial charge in [-0.2, -0.15) is 5.26 Å². The summed E-state index contributed by atoms with van der Waals surface area (Å²) in [4.78, 5) is 6.59. The van der Waals surface area contributed by atoms with Crippen molar-refractivity contribution < 1.29 is 13.9 Å². The van der Waals surface area contributed by atoms with Gasteiger partial charge in [0.25, 0.3) is 0 Å². The van der Waals surface area contributed by atoms with Crippen molar-refractivity contribution >= 4 is 39.6 Å². The van der Waals surface area contributed by atoms with Crippen LogP contribution in [0.3, 0.4) is 0 Å². The number of morpholine rings is 1. The Balaban J connectivity index is 1.86. The number of benzene rings is 2. The number of hydrogen-bond acceptors (Lipinski definition) is 6. The van der Waals surface area contributed by atoms with Crippen LogP contribution in [0.25, 0.3) is 10.9 Å². The average molecular weight is 413 g/mol. The van der Waals surface area contributed by atoms with Crippen molar-refractivity contribution in [3.05, 3.63) is 52.9 Å². The Morgan fingerprint density at radius 1 is 1.28 bits per heavy atom. The minimum atomic E-state index is -0.503. The maximum absolute atomic E-state index is 13.5. The number of ether oxygens (including phenoxy) is 2. The van der Waals surface area contributed by atoms with Crippen LogP contribution >= 0.6 is 11.6 Å². The molecule has 1 aromatic heterocycles. The van der Waals surface area contributed by atoms with Gasteiger partial charge in [0, 0.05) is 36.4 Å². The van der Waals surface area contributed by atoms with E-state index in [4.69, 9.17) is 21.1 Å². The summed E-state index contributed by atoms with van der Waals surface area (Å²) in [6, 6.07) is 10.3. The number of nitrogens with zero attached hydrogens (tertiary/aromatic N) is 3. The van der Waals surface area contributed by atoms with E-state index in [0.717, 1.165) is 24.2 Å². The van der Waals surface area contributed by atoms with Crippen LogP contribution in [0.4, 0.5) is 21.5 Å². The van der Waals surface area contributed by atoms with Crippen LogP contribution in [0, 0.1) is 17.1 Å². The maximum atomic E-state index is 13.5. The Kier molecular flexibility index (Phi) is 5.38. The first-order valence-electron chi connectivity index (χ1n) is 9.06. The van der Waals surface area contributed by atoms with E-state index in [1.807, 2.05) is 12.1 Å². The molecule has 0 amide bonds. The Morgan fingerprint density at radius 2 is 2.07 bits per heavy atom. The van der Waals surface area contributed by atoms with Crippen LogP contribution < -0.4 is 15.0 Å². The minimum absolute atomic E-state index is 0.00236. The fraction of sp³-hybridized carbons (Fsp3) is 0.238. The number of anilines is 3. The van der Waals surface area contributed by atoms with E-state index in [1.54, 1.807) is 13.2 Å². The first-order chi connectivity index (χ1) is 14.1. The molecule has 8 heteroatoms. The highest BCUT2D eigenvalue weighted by Crippen LogP contribution is 2.38. The summed E-state index contributed by atoms with van der Waals surface area (Å²) < 4.78 is 24.6. The maximum Gasteiger partial charge on any atom is 0.144 e. The molecule has 0 spiro atoms. The van der Waals surface area contributed by atoms with Crippen LogP contribution in [0.15, 0.2) is 36.5 Å².